The second kappa shape index (κ2) is 3.46. The SMILES string of the molecule is CCc1sc2c(I)cccc2c1N. The molecule has 2 N–H and O–H groups in total. The minimum atomic E-state index is 0.973. The van der Waals surface area contributed by atoms with E-state index in [2.05, 4.69) is 47.7 Å². The Labute approximate surface area is 95.1 Å². The number of fused-ring (bicyclic) bond motifs is 1. The highest BCUT2D eigenvalue weighted by atomic mass is 127. The maximum absolute atomic E-state index is 6.03. The van der Waals surface area contributed by atoms with Gasteiger partial charge in [0, 0.05) is 13.8 Å². The van der Waals surface area contributed by atoms with Gasteiger partial charge in [0.15, 0.2) is 0 Å². The van der Waals surface area contributed by atoms with Gasteiger partial charge in [-0.05, 0) is 35.1 Å². The Balaban J connectivity index is 2.83. The number of rotatable bonds is 1. The van der Waals surface area contributed by atoms with Crippen molar-refractivity contribution < 1.29 is 0 Å². The van der Waals surface area contributed by atoms with Crippen LogP contribution in [-0.4, -0.2) is 0 Å². The maximum Gasteiger partial charge on any atom is 0.0535 e. The smallest absolute Gasteiger partial charge is 0.0535 e. The Hall–Kier alpha value is -0.290. The Bertz CT molecular complexity index is 447. The number of nitrogen functional groups attached to an aromatic ring is 1. The van der Waals surface area contributed by atoms with Crippen LogP contribution >= 0.6 is 33.9 Å². The van der Waals surface area contributed by atoms with Gasteiger partial charge in [0.25, 0.3) is 0 Å². The first-order valence-electron chi connectivity index (χ1n) is 4.19. The van der Waals surface area contributed by atoms with E-state index in [1.54, 1.807) is 0 Å². The molecule has 1 aromatic heterocycles. The molecule has 0 aliphatic carbocycles. The van der Waals surface area contributed by atoms with Crippen molar-refractivity contribution in [1.82, 2.24) is 0 Å². The standard InChI is InChI=1S/C10H10INS/c1-2-8-9(12)6-4-3-5-7(11)10(6)13-8/h3-5H,2,12H2,1H3. The summed E-state index contributed by atoms with van der Waals surface area (Å²) in [6.45, 7) is 2.15. The Kier molecular flexibility index (Phi) is 2.47. The molecule has 68 valence electrons. The number of halogens is 1. The molecule has 0 spiro atoms. The summed E-state index contributed by atoms with van der Waals surface area (Å²) < 4.78 is 2.63. The molecule has 1 nitrogen and oxygen atoms in total. The fourth-order valence-corrected chi connectivity index (χ4v) is 3.31. The zero-order valence-electron chi connectivity index (χ0n) is 7.30. The molecule has 3 heteroatoms. The summed E-state index contributed by atoms with van der Waals surface area (Å²) in [7, 11) is 0. The van der Waals surface area contributed by atoms with Gasteiger partial charge in [-0.15, -0.1) is 11.3 Å². The molecule has 0 radical (unpaired) electrons. The first-order chi connectivity index (χ1) is 6.24. The average molecular weight is 303 g/mol. The Morgan fingerprint density at radius 1 is 1.46 bits per heavy atom. The first-order valence-corrected chi connectivity index (χ1v) is 6.09. The fraction of sp³-hybridized carbons (Fsp3) is 0.200. The third-order valence-corrected chi connectivity index (χ3v) is 4.77. The van der Waals surface area contributed by atoms with Gasteiger partial charge in [-0.2, -0.15) is 0 Å². The van der Waals surface area contributed by atoms with Gasteiger partial charge in [0.05, 0.1) is 10.4 Å². The van der Waals surface area contributed by atoms with Crippen LogP contribution < -0.4 is 5.73 Å². The number of aryl methyl sites for hydroxylation is 1. The van der Waals surface area contributed by atoms with E-state index in [4.69, 9.17) is 5.73 Å². The third-order valence-electron chi connectivity index (χ3n) is 2.10. The van der Waals surface area contributed by atoms with Crippen molar-refractivity contribution in [2.24, 2.45) is 0 Å². The van der Waals surface area contributed by atoms with Crippen molar-refractivity contribution in [3.05, 3.63) is 26.6 Å². The lowest BCUT2D eigenvalue weighted by Crippen LogP contribution is -1.86. The zero-order valence-corrected chi connectivity index (χ0v) is 10.3. The molecule has 0 aliphatic heterocycles. The van der Waals surface area contributed by atoms with E-state index in [-0.39, 0.29) is 0 Å². The number of nitrogens with two attached hydrogens (primary N) is 1. The lowest BCUT2D eigenvalue weighted by molar-refractivity contribution is 1.19. The van der Waals surface area contributed by atoms with Crippen LogP contribution in [0.4, 0.5) is 5.69 Å². The van der Waals surface area contributed by atoms with Crippen LogP contribution in [0.1, 0.15) is 11.8 Å². The van der Waals surface area contributed by atoms with Gasteiger partial charge < -0.3 is 5.73 Å². The van der Waals surface area contributed by atoms with Crippen LogP contribution in [-0.2, 0) is 6.42 Å². The molecule has 0 saturated heterocycles. The summed E-state index contributed by atoms with van der Waals surface area (Å²) in [6, 6.07) is 6.29. The molecule has 0 bridgehead atoms. The van der Waals surface area contributed by atoms with Crippen molar-refractivity contribution in [2.75, 3.05) is 5.73 Å². The topological polar surface area (TPSA) is 26.0 Å². The van der Waals surface area contributed by atoms with Crippen LogP contribution in [0, 0.1) is 3.57 Å². The van der Waals surface area contributed by atoms with Gasteiger partial charge in [0.2, 0.25) is 0 Å². The summed E-state index contributed by atoms with van der Waals surface area (Å²) in [5, 5.41) is 1.22. The fourth-order valence-electron chi connectivity index (χ4n) is 1.42. The lowest BCUT2D eigenvalue weighted by atomic mass is 10.2. The summed E-state index contributed by atoms with van der Waals surface area (Å²) in [5.74, 6) is 0. The van der Waals surface area contributed by atoms with E-state index in [1.165, 1.54) is 18.5 Å². The predicted octanol–water partition coefficient (Wildman–Crippen LogP) is 3.65. The second-order valence-electron chi connectivity index (χ2n) is 2.91. The molecule has 0 aliphatic rings. The second-order valence-corrected chi connectivity index (χ2v) is 5.18. The molecule has 1 heterocycles. The highest BCUT2D eigenvalue weighted by Crippen LogP contribution is 2.36. The molecule has 0 fully saturated rings. The van der Waals surface area contributed by atoms with E-state index in [0.717, 1.165) is 12.1 Å². The normalized spacial score (nSPS) is 10.9. The minimum absolute atomic E-state index is 0.973. The van der Waals surface area contributed by atoms with Crippen LogP contribution in [0.3, 0.4) is 0 Å². The number of hydrogen-bond acceptors (Lipinski definition) is 2. The Morgan fingerprint density at radius 3 is 2.85 bits per heavy atom. The molecule has 13 heavy (non-hydrogen) atoms. The van der Waals surface area contributed by atoms with Crippen LogP contribution in [0.5, 0.6) is 0 Å². The summed E-state index contributed by atoms with van der Waals surface area (Å²) in [4.78, 5) is 1.30. The van der Waals surface area contributed by atoms with Gasteiger partial charge >= 0.3 is 0 Å². The highest BCUT2D eigenvalue weighted by molar-refractivity contribution is 14.1. The molecular formula is C10H10INS. The van der Waals surface area contributed by atoms with Crippen molar-refractivity contribution in [3.63, 3.8) is 0 Å². The Morgan fingerprint density at radius 2 is 2.23 bits per heavy atom. The molecule has 0 amide bonds. The molecule has 0 saturated carbocycles. The van der Waals surface area contributed by atoms with Crippen molar-refractivity contribution >= 4 is 49.7 Å². The number of anilines is 1. The quantitative estimate of drug-likeness (QED) is 0.800. The van der Waals surface area contributed by atoms with Crippen molar-refractivity contribution in [3.8, 4) is 0 Å². The van der Waals surface area contributed by atoms with Gasteiger partial charge in [-0.1, -0.05) is 19.1 Å². The van der Waals surface area contributed by atoms with Gasteiger partial charge in [-0.3, -0.25) is 0 Å². The van der Waals surface area contributed by atoms with Crippen molar-refractivity contribution in [2.45, 2.75) is 13.3 Å². The molecule has 0 atom stereocenters. The van der Waals surface area contributed by atoms with Gasteiger partial charge in [0.1, 0.15) is 0 Å². The summed E-state index contributed by atoms with van der Waals surface area (Å²) in [6.07, 6.45) is 1.03. The minimum Gasteiger partial charge on any atom is -0.397 e. The van der Waals surface area contributed by atoms with E-state index in [1.807, 2.05) is 11.3 Å². The molecule has 1 aromatic carbocycles. The number of thiophene rings is 1. The van der Waals surface area contributed by atoms with E-state index < -0.39 is 0 Å². The average Bonchev–Trinajstić information content (AvgIpc) is 2.45. The van der Waals surface area contributed by atoms with Crippen LogP contribution in [0.25, 0.3) is 10.1 Å². The first kappa shape index (κ1) is 9.27. The van der Waals surface area contributed by atoms with Crippen LogP contribution in [0.15, 0.2) is 18.2 Å². The van der Waals surface area contributed by atoms with Crippen molar-refractivity contribution in [1.29, 1.82) is 0 Å². The molecule has 2 aromatic rings. The van der Waals surface area contributed by atoms with E-state index in [9.17, 15) is 0 Å². The number of benzene rings is 1. The maximum atomic E-state index is 6.03. The zero-order chi connectivity index (χ0) is 9.42. The van der Waals surface area contributed by atoms with Gasteiger partial charge in [-0.25, -0.2) is 0 Å². The third kappa shape index (κ3) is 1.44. The summed E-state index contributed by atoms with van der Waals surface area (Å²) >= 11 is 4.18. The lowest BCUT2D eigenvalue weighted by Gasteiger charge is -1.93. The molecule has 0 unspecified atom stereocenters. The van der Waals surface area contributed by atoms with E-state index >= 15 is 0 Å². The number of hydrogen-bond donors (Lipinski definition) is 1. The van der Waals surface area contributed by atoms with Crippen LogP contribution in [0.2, 0.25) is 0 Å². The summed E-state index contributed by atoms with van der Waals surface area (Å²) in [5.41, 5.74) is 7.00. The van der Waals surface area contributed by atoms with E-state index in [0.29, 0.717) is 0 Å². The highest BCUT2D eigenvalue weighted by Gasteiger charge is 2.08. The predicted molar refractivity (Wildman–Crippen MR) is 68.3 cm³/mol. The molecule has 2 rings (SSSR count). The largest absolute Gasteiger partial charge is 0.397 e. The monoisotopic (exact) mass is 303 g/mol. The molecular weight excluding hydrogens is 293 g/mol.